The minimum Gasteiger partial charge on any atom is -0.469 e. The van der Waals surface area contributed by atoms with E-state index in [4.69, 9.17) is 4.42 Å². The topological polar surface area (TPSA) is 16.4 Å². The van der Waals surface area contributed by atoms with Crippen LogP contribution in [0.15, 0.2) is 16.7 Å². The number of nitrogens with zero attached hydrogens (tertiary/aromatic N) is 1. The fourth-order valence-electron chi connectivity index (χ4n) is 2.43. The summed E-state index contributed by atoms with van der Waals surface area (Å²) in [6.07, 6.45) is 4.42. The fraction of sp³-hybridized carbons (Fsp3) is 0.600. The molecule has 0 N–H and O–H groups in total. The maximum absolute atomic E-state index is 5.54. The molecule has 0 unspecified atom stereocenters. The molecule has 0 amide bonds. The highest BCUT2D eigenvalue weighted by Crippen LogP contribution is 2.35. The predicted octanol–water partition coefficient (Wildman–Crippen LogP) is 1.97. The molecule has 4 heterocycles. The van der Waals surface area contributed by atoms with Gasteiger partial charge < -0.3 is 4.42 Å². The lowest BCUT2D eigenvalue weighted by Crippen LogP contribution is -2.28. The van der Waals surface area contributed by atoms with E-state index in [2.05, 4.69) is 11.0 Å². The van der Waals surface area contributed by atoms with Gasteiger partial charge in [0.1, 0.15) is 5.76 Å². The van der Waals surface area contributed by atoms with Crippen LogP contribution >= 0.6 is 0 Å². The van der Waals surface area contributed by atoms with Gasteiger partial charge in [-0.15, -0.1) is 0 Å². The van der Waals surface area contributed by atoms with Crippen LogP contribution in [0.5, 0.6) is 0 Å². The van der Waals surface area contributed by atoms with E-state index in [1.165, 1.54) is 37.3 Å². The lowest BCUT2D eigenvalue weighted by atomic mass is 9.95. The molecule has 0 radical (unpaired) electrons. The zero-order valence-electron chi connectivity index (χ0n) is 7.12. The SMILES string of the molecule is c1cc2c(o1)C1CCN(CC1)C2. The van der Waals surface area contributed by atoms with Gasteiger partial charge in [0.25, 0.3) is 0 Å². The summed E-state index contributed by atoms with van der Waals surface area (Å²) in [5, 5.41) is 0. The molecule has 3 aliphatic heterocycles. The Hall–Kier alpha value is -0.760. The van der Waals surface area contributed by atoms with E-state index >= 15 is 0 Å². The summed E-state index contributed by atoms with van der Waals surface area (Å²) in [5.41, 5.74) is 1.43. The number of rotatable bonds is 0. The molecule has 0 spiro atoms. The Kier molecular flexibility index (Phi) is 1.32. The van der Waals surface area contributed by atoms with Crippen LogP contribution in [0, 0.1) is 0 Å². The monoisotopic (exact) mass is 163 g/mol. The van der Waals surface area contributed by atoms with Crippen LogP contribution in [-0.2, 0) is 6.54 Å². The minimum absolute atomic E-state index is 0.716. The second kappa shape index (κ2) is 2.36. The van der Waals surface area contributed by atoms with Crippen molar-refractivity contribution in [2.75, 3.05) is 13.1 Å². The van der Waals surface area contributed by atoms with Gasteiger partial charge >= 0.3 is 0 Å². The van der Waals surface area contributed by atoms with E-state index in [-0.39, 0.29) is 0 Å². The molecule has 0 atom stereocenters. The molecule has 0 aromatic carbocycles. The predicted molar refractivity (Wildman–Crippen MR) is 46.0 cm³/mol. The van der Waals surface area contributed by atoms with Crippen molar-refractivity contribution < 1.29 is 4.42 Å². The molecule has 2 heteroatoms. The summed E-state index contributed by atoms with van der Waals surface area (Å²) in [6.45, 7) is 3.63. The average Bonchev–Trinajstić information content (AvgIpc) is 2.44. The van der Waals surface area contributed by atoms with E-state index in [1.54, 1.807) is 0 Å². The Morgan fingerprint density at radius 1 is 1.33 bits per heavy atom. The number of piperidine rings is 1. The van der Waals surface area contributed by atoms with Gasteiger partial charge in [-0.05, 0) is 32.0 Å². The molecule has 4 rings (SSSR count). The molecule has 1 saturated heterocycles. The Labute approximate surface area is 72.2 Å². The summed E-state index contributed by atoms with van der Waals surface area (Å²) < 4.78 is 5.54. The van der Waals surface area contributed by atoms with Gasteiger partial charge in [0.05, 0.1) is 6.26 Å². The van der Waals surface area contributed by atoms with Gasteiger partial charge in [-0.3, -0.25) is 4.90 Å². The summed E-state index contributed by atoms with van der Waals surface area (Å²) in [7, 11) is 0. The third-order valence-corrected chi connectivity index (χ3v) is 3.13. The van der Waals surface area contributed by atoms with Crippen LogP contribution < -0.4 is 0 Å². The standard InChI is InChI=1S/C10H13NO/c1-4-11-5-2-8(1)10-9(7-11)3-6-12-10/h3,6,8H,1-2,4-5,7H2. The van der Waals surface area contributed by atoms with Crippen molar-refractivity contribution >= 4 is 0 Å². The van der Waals surface area contributed by atoms with Crippen molar-refractivity contribution in [3.63, 3.8) is 0 Å². The van der Waals surface area contributed by atoms with Crippen LogP contribution in [-0.4, -0.2) is 18.0 Å². The Morgan fingerprint density at radius 3 is 3.00 bits per heavy atom. The van der Waals surface area contributed by atoms with Crippen molar-refractivity contribution in [2.24, 2.45) is 0 Å². The van der Waals surface area contributed by atoms with Gasteiger partial charge in [-0.1, -0.05) is 0 Å². The highest BCUT2D eigenvalue weighted by atomic mass is 16.3. The number of fused-ring (bicyclic) bond motifs is 2. The lowest BCUT2D eigenvalue weighted by molar-refractivity contribution is 0.215. The molecule has 1 fully saturated rings. The molecule has 0 saturated carbocycles. The maximum Gasteiger partial charge on any atom is 0.111 e. The second-order valence-electron chi connectivity index (χ2n) is 3.86. The van der Waals surface area contributed by atoms with Crippen LogP contribution in [0.2, 0.25) is 0 Å². The van der Waals surface area contributed by atoms with E-state index in [9.17, 15) is 0 Å². The van der Waals surface area contributed by atoms with E-state index < -0.39 is 0 Å². The fourth-order valence-corrected chi connectivity index (χ4v) is 2.43. The van der Waals surface area contributed by atoms with Crippen molar-refractivity contribution in [3.8, 4) is 0 Å². The number of hydrogen-bond acceptors (Lipinski definition) is 2. The first-order valence-electron chi connectivity index (χ1n) is 4.72. The van der Waals surface area contributed by atoms with E-state index in [0.29, 0.717) is 5.92 Å². The van der Waals surface area contributed by atoms with Crippen molar-refractivity contribution in [3.05, 3.63) is 23.7 Å². The molecule has 64 valence electrons. The smallest absolute Gasteiger partial charge is 0.111 e. The number of furan rings is 1. The molecule has 2 nitrogen and oxygen atoms in total. The number of hydrogen-bond donors (Lipinski definition) is 0. The highest BCUT2D eigenvalue weighted by Gasteiger charge is 2.29. The van der Waals surface area contributed by atoms with Crippen LogP contribution in [0.25, 0.3) is 0 Å². The van der Waals surface area contributed by atoms with E-state index in [0.717, 1.165) is 6.54 Å². The van der Waals surface area contributed by atoms with Gasteiger partial charge in [-0.25, -0.2) is 0 Å². The van der Waals surface area contributed by atoms with Crippen LogP contribution in [0.4, 0.5) is 0 Å². The van der Waals surface area contributed by atoms with Crippen molar-refractivity contribution in [1.29, 1.82) is 0 Å². The Bertz CT molecular complexity index is 284. The molecule has 1 aromatic rings. The quantitative estimate of drug-likeness (QED) is 0.581. The van der Waals surface area contributed by atoms with Gasteiger partial charge in [0.15, 0.2) is 0 Å². The van der Waals surface area contributed by atoms with Gasteiger partial charge in [-0.2, -0.15) is 0 Å². The molecular formula is C10H13NO. The van der Waals surface area contributed by atoms with Crippen LogP contribution in [0.1, 0.15) is 30.1 Å². The Morgan fingerprint density at radius 2 is 2.17 bits per heavy atom. The third kappa shape index (κ3) is 0.845. The second-order valence-corrected chi connectivity index (χ2v) is 3.86. The average molecular weight is 163 g/mol. The molecule has 2 bridgehead atoms. The highest BCUT2D eigenvalue weighted by molar-refractivity contribution is 5.23. The molecule has 3 aliphatic rings. The largest absolute Gasteiger partial charge is 0.469 e. The van der Waals surface area contributed by atoms with Gasteiger partial charge in [0, 0.05) is 18.0 Å². The zero-order chi connectivity index (χ0) is 7.97. The zero-order valence-corrected chi connectivity index (χ0v) is 7.12. The van der Waals surface area contributed by atoms with Crippen molar-refractivity contribution in [2.45, 2.75) is 25.3 Å². The first kappa shape index (κ1) is 6.72. The van der Waals surface area contributed by atoms with Crippen LogP contribution in [0.3, 0.4) is 0 Å². The molecule has 0 aliphatic carbocycles. The summed E-state index contributed by atoms with van der Waals surface area (Å²) in [6, 6.07) is 2.13. The molecule has 1 aromatic heterocycles. The van der Waals surface area contributed by atoms with E-state index in [1.807, 2.05) is 6.26 Å². The summed E-state index contributed by atoms with van der Waals surface area (Å²) >= 11 is 0. The Balaban J connectivity index is 2.08. The molecule has 12 heavy (non-hydrogen) atoms. The first-order chi connectivity index (χ1) is 5.93. The van der Waals surface area contributed by atoms with Gasteiger partial charge in [0.2, 0.25) is 0 Å². The summed E-state index contributed by atoms with van der Waals surface area (Å²) in [4.78, 5) is 2.53. The maximum atomic E-state index is 5.54. The normalized spacial score (nSPS) is 33.0. The van der Waals surface area contributed by atoms with Crippen molar-refractivity contribution in [1.82, 2.24) is 4.90 Å². The minimum atomic E-state index is 0.716. The third-order valence-electron chi connectivity index (χ3n) is 3.13. The molecular weight excluding hydrogens is 150 g/mol. The summed E-state index contributed by atoms with van der Waals surface area (Å²) in [5.74, 6) is 1.99. The lowest BCUT2D eigenvalue weighted by Gasteiger charge is -2.25. The first-order valence-corrected chi connectivity index (χ1v) is 4.72.